The second-order valence-electron chi connectivity index (χ2n) is 9.34. The first-order chi connectivity index (χ1) is 14.5. The monoisotopic (exact) mass is 402 g/mol. The third-order valence-corrected chi connectivity index (χ3v) is 7.62. The fraction of sp³-hybridized carbons (Fsp3) is 0.385. The van der Waals surface area contributed by atoms with Crippen molar-refractivity contribution in [2.75, 3.05) is 13.6 Å². The van der Waals surface area contributed by atoms with Crippen molar-refractivity contribution in [1.82, 2.24) is 9.47 Å². The molecule has 0 radical (unpaired) electrons. The number of likely N-dealkylation sites (N-methyl/N-ethyl adjacent to an activating group) is 1. The van der Waals surface area contributed by atoms with Crippen molar-refractivity contribution < 1.29 is 9.50 Å². The summed E-state index contributed by atoms with van der Waals surface area (Å²) in [5.41, 5.74) is 7.71. The van der Waals surface area contributed by atoms with E-state index in [0.717, 1.165) is 37.8 Å². The lowest BCUT2D eigenvalue weighted by Gasteiger charge is -2.46. The molecule has 0 bridgehead atoms. The Balaban J connectivity index is 1.70. The number of hydrogen-bond donors (Lipinski definition) is 1. The van der Waals surface area contributed by atoms with E-state index in [1.54, 1.807) is 12.1 Å². The lowest BCUT2D eigenvalue weighted by molar-refractivity contribution is -0.0297. The molecule has 2 unspecified atom stereocenters. The molecule has 0 saturated heterocycles. The Kier molecular flexibility index (Phi) is 3.77. The summed E-state index contributed by atoms with van der Waals surface area (Å²) in [7, 11) is 2.19. The first-order valence-electron chi connectivity index (χ1n) is 11.0. The molecule has 2 atom stereocenters. The molecule has 1 aromatic heterocycles. The molecule has 1 N–H and O–H groups in total. The van der Waals surface area contributed by atoms with Crippen molar-refractivity contribution in [3.8, 4) is 0 Å². The molecule has 3 aromatic rings. The van der Waals surface area contributed by atoms with Gasteiger partial charge in [0, 0.05) is 41.7 Å². The Morgan fingerprint density at radius 3 is 2.70 bits per heavy atom. The molecule has 2 aliphatic heterocycles. The highest BCUT2D eigenvalue weighted by molar-refractivity contribution is 5.93. The molecule has 0 fully saturated rings. The van der Waals surface area contributed by atoms with Gasteiger partial charge in [-0.1, -0.05) is 23.8 Å². The first kappa shape index (κ1) is 18.2. The summed E-state index contributed by atoms with van der Waals surface area (Å²) in [4.78, 5) is 2.41. The van der Waals surface area contributed by atoms with Gasteiger partial charge in [0.1, 0.15) is 11.4 Å². The Morgan fingerprint density at radius 2 is 1.90 bits per heavy atom. The largest absolute Gasteiger partial charge is 0.383 e. The fourth-order valence-electron chi connectivity index (χ4n) is 6.19. The van der Waals surface area contributed by atoms with E-state index in [4.69, 9.17) is 0 Å². The highest BCUT2D eigenvalue weighted by atomic mass is 19.1. The van der Waals surface area contributed by atoms with Gasteiger partial charge in [-0.2, -0.15) is 0 Å². The lowest BCUT2D eigenvalue weighted by Crippen LogP contribution is -2.46. The quantitative estimate of drug-likeness (QED) is 0.621. The van der Waals surface area contributed by atoms with Gasteiger partial charge in [-0.3, -0.25) is 0 Å². The Labute approximate surface area is 176 Å². The number of aryl methyl sites for hydroxylation is 1. The van der Waals surface area contributed by atoms with E-state index in [0.29, 0.717) is 6.54 Å². The van der Waals surface area contributed by atoms with E-state index in [2.05, 4.69) is 41.6 Å². The molecule has 3 heterocycles. The van der Waals surface area contributed by atoms with Gasteiger partial charge in [0.2, 0.25) is 0 Å². The van der Waals surface area contributed by atoms with Crippen LogP contribution >= 0.6 is 0 Å². The lowest BCUT2D eigenvalue weighted by atomic mass is 9.68. The molecule has 4 heteroatoms. The molecule has 0 amide bonds. The van der Waals surface area contributed by atoms with Crippen LogP contribution in [0.25, 0.3) is 16.5 Å². The van der Waals surface area contributed by atoms with Gasteiger partial charge in [-0.05, 0) is 68.0 Å². The number of hydrogen-bond acceptors (Lipinski definition) is 2. The minimum atomic E-state index is -1.04. The third kappa shape index (κ3) is 2.34. The maximum Gasteiger partial charge on any atom is 0.123 e. The molecule has 1 aliphatic carbocycles. The number of nitrogens with zero attached hydrogens (tertiary/aromatic N) is 2. The van der Waals surface area contributed by atoms with Crippen LogP contribution in [0.4, 0.5) is 4.39 Å². The number of aromatic nitrogens is 1. The molecule has 3 aliphatic rings. The summed E-state index contributed by atoms with van der Waals surface area (Å²) < 4.78 is 16.0. The van der Waals surface area contributed by atoms with Crippen LogP contribution < -0.4 is 0 Å². The molecular weight excluding hydrogens is 375 g/mol. The Morgan fingerprint density at radius 1 is 1.10 bits per heavy atom. The summed E-state index contributed by atoms with van der Waals surface area (Å²) in [6.07, 6.45) is 4.11. The summed E-state index contributed by atoms with van der Waals surface area (Å²) in [6.45, 7) is 3.66. The van der Waals surface area contributed by atoms with Crippen LogP contribution in [0.1, 0.15) is 41.6 Å². The van der Waals surface area contributed by atoms with Crippen LogP contribution in [0.5, 0.6) is 0 Å². The SMILES string of the molecule is Cc1ccc2c(c1)c1c3n2CC(O)(c2ccc(F)cc2)C2CCCC(=C32)N(C)CC1. The van der Waals surface area contributed by atoms with Gasteiger partial charge >= 0.3 is 0 Å². The van der Waals surface area contributed by atoms with Crippen molar-refractivity contribution in [3.63, 3.8) is 0 Å². The average Bonchev–Trinajstić information content (AvgIpc) is 2.95. The smallest absolute Gasteiger partial charge is 0.123 e. The molecule has 6 rings (SSSR count). The van der Waals surface area contributed by atoms with Crippen LogP contribution in [-0.2, 0) is 18.6 Å². The number of rotatable bonds is 1. The maximum atomic E-state index is 13.7. The highest BCUT2D eigenvalue weighted by Gasteiger charge is 2.49. The van der Waals surface area contributed by atoms with Gasteiger partial charge in [0.15, 0.2) is 0 Å². The second-order valence-corrected chi connectivity index (χ2v) is 9.34. The van der Waals surface area contributed by atoms with Gasteiger partial charge in [-0.15, -0.1) is 0 Å². The van der Waals surface area contributed by atoms with Crippen LogP contribution in [0.3, 0.4) is 0 Å². The van der Waals surface area contributed by atoms with E-state index in [1.807, 2.05) is 0 Å². The average molecular weight is 403 g/mol. The van der Waals surface area contributed by atoms with Gasteiger partial charge in [0.25, 0.3) is 0 Å². The van der Waals surface area contributed by atoms with Crippen LogP contribution in [-0.4, -0.2) is 28.2 Å². The molecule has 3 nitrogen and oxygen atoms in total. The van der Waals surface area contributed by atoms with Crippen LogP contribution in [0, 0.1) is 18.7 Å². The number of aliphatic hydroxyl groups is 1. The van der Waals surface area contributed by atoms with Crippen molar-refractivity contribution in [3.05, 3.63) is 76.4 Å². The number of fused-ring (bicyclic) bond motifs is 3. The van der Waals surface area contributed by atoms with Crippen molar-refractivity contribution in [1.29, 1.82) is 0 Å². The van der Waals surface area contributed by atoms with E-state index >= 15 is 0 Å². The predicted octanol–water partition coefficient (Wildman–Crippen LogP) is 4.99. The minimum absolute atomic E-state index is 0.0314. The second kappa shape index (κ2) is 6.21. The highest BCUT2D eigenvalue weighted by Crippen LogP contribution is 2.54. The fourth-order valence-corrected chi connectivity index (χ4v) is 6.19. The number of halogens is 1. The van der Waals surface area contributed by atoms with E-state index in [-0.39, 0.29) is 11.7 Å². The van der Waals surface area contributed by atoms with E-state index < -0.39 is 5.60 Å². The minimum Gasteiger partial charge on any atom is -0.383 e. The van der Waals surface area contributed by atoms with Crippen LogP contribution in [0.2, 0.25) is 0 Å². The predicted molar refractivity (Wildman–Crippen MR) is 118 cm³/mol. The summed E-state index contributed by atoms with van der Waals surface area (Å²) in [6, 6.07) is 13.2. The Hall–Kier alpha value is -2.59. The van der Waals surface area contributed by atoms with Crippen molar-refractivity contribution >= 4 is 16.5 Å². The molecule has 154 valence electrons. The topological polar surface area (TPSA) is 28.4 Å². The zero-order chi connectivity index (χ0) is 20.6. The van der Waals surface area contributed by atoms with Gasteiger partial charge < -0.3 is 14.6 Å². The van der Waals surface area contributed by atoms with Crippen molar-refractivity contribution in [2.45, 2.75) is 44.8 Å². The summed E-state index contributed by atoms with van der Waals surface area (Å²) in [5, 5.41) is 13.5. The standard InChI is InChI=1S/C26H27FN2O/c1-16-6-11-22-20(14-16)19-12-13-28(2)23-5-3-4-21-24(23)25(19)29(22)15-26(21,30)17-7-9-18(27)10-8-17/h6-11,14,21,30H,3-5,12-13,15H2,1-2H3. The Bertz CT molecular complexity index is 1210. The van der Waals surface area contributed by atoms with Gasteiger partial charge in [-0.25, -0.2) is 4.39 Å². The normalized spacial score (nSPS) is 25.5. The van der Waals surface area contributed by atoms with Crippen molar-refractivity contribution in [2.24, 2.45) is 5.92 Å². The summed E-state index contributed by atoms with van der Waals surface area (Å²) in [5.74, 6) is -0.232. The van der Waals surface area contributed by atoms with E-state index in [1.165, 1.54) is 51.1 Å². The maximum absolute atomic E-state index is 13.7. The zero-order valence-corrected chi connectivity index (χ0v) is 17.6. The molecule has 0 spiro atoms. The summed E-state index contributed by atoms with van der Waals surface area (Å²) >= 11 is 0. The molecule has 0 saturated carbocycles. The zero-order valence-electron chi connectivity index (χ0n) is 17.6. The number of allylic oxidation sites excluding steroid dienone is 1. The van der Waals surface area contributed by atoms with Gasteiger partial charge in [0.05, 0.1) is 12.2 Å². The van der Waals surface area contributed by atoms with Crippen LogP contribution in [0.15, 0.2) is 48.2 Å². The third-order valence-electron chi connectivity index (χ3n) is 7.62. The van der Waals surface area contributed by atoms with E-state index in [9.17, 15) is 9.50 Å². The first-order valence-corrected chi connectivity index (χ1v) is 11.0. The number of benzene rings is 2. The molecule has 30 heavy (non-hydrogen) atoms. The molecular formula is C26H27FN2O. The molecule has 2 aromatic carbocycles.